The van der Waals surface area contributed by atoms with Crippen LogP contribution in [0, 0.1) is 10.1 Å². The van der Waals surface area contributed by atoms with E-state index in [2.05, 4.69) is 0 Å². The highest BCUT2D eigenvalue weighted by Crippen LogP contribution is 2.29. The van der Waals surface area contributed by atoms with Gasteiger partial charge in [-0.2, -0.15) is 0 Å². The van der Waals surface area contributed by atoms with Gasteiger partial charge in [0.2, 0.25) is 6.54 Å². The second-order valence-corrected chi connectivity index (χ2v) is 4.84. The predicted octanol–water partition coefficient (Wildman–Crippen LogP) is 3.17. The number of nitro groups is 1. The summed E-state index contributed by atoms with van der Waals surface area (Å²) in [4.78, 5) is 11.5. The van der Waals surface area contributed by atoms with Gasteiger partial charge >= 0.3 is 0 Å². The van der Waals surface area contributed by atoms with Gasteiger partial charge in [0, 0.05) is 9.80 Å². The van der Waals surface area contributed by atoms with Gasteiger partial charge in [-0.25, -0.2) is 0 Å². The molecule has 2 rings (SSSR count). The molecule has 0 saturated heterocycles. The first-order chi connectivity index (χ1) is 8.70. The van der Waals surface area contributed by atoms with Gasteiger partial charge in [0.25, 0.3) is 0 Å². The van der Waals surface area contributed by atoms with E-state index in [-0.39, 0.29) is 17.4 Å². The molecule has 0 aliphatic rings. The van der Waals surface area contributed by atoms with Crippen LogP contribution in [0.4, 0.5) is 0 Å². The third-order valence-electron chi connectivity index (χ3n) is 2.74. The van der Waals surface area contributed by atoms with Crippen LogP contribution in [-0.2, 0) is 0 Å². The van der Waals surface area contributed by atoms with E-state index < -0.39 is 0 Å². The molecule has 0 fully saturated rings. The first kappa shape index (κ1) is 12.6. The fraction of sp³-hybridized carbons (Fsp3) is 0.231. The zero-order valence-corrected chi connectivity index (χ0v) is 10.7. The number of rotatable bonds is 5. The molecular weight excluding hydrogens is 250 g/mol. The minimum atomic E-state index is -0.269. The highest BCUT2D eigenvalue weighted by Gasteiger charge is 2.20. The number of benzene rings is 1. The third kappa shape index (κ3) is 2.87. The first-order valence-corrected chi connectivity index (χ1v) is 6.38. The van der Waals surface area contributed by atoms with E-state index in [1.54, 1.807) is 18.4 Å². The number of thiophene rings is 1. The average Bonchev–Trinajstić information content (AvgIpc) is 2.89. The van der Waals surface area contributed by atoms with Crippen LogP contribution < -0.4 is 4.74 Å². The van der Waals surface area contributed by atoms with Gasteiger partial charge in [0.05, 0.1) is 13.0 Å². The summed E-state index contributed by atoms with van der Waals surface area (Å²) in [5.41, 5.74) is 0.940. The predicted molar refractivity (Wildman–Crippen MR) is 71.0 cm³/mol. The highest BCUT2D eigenvalue weighted by atomic mass is 32.1. The van der Waals surface area contributed by atoms with Gasteiger partial charge in [0.1, 0.15) is 5.75 Å². The summed E-state index contributed by atoms with van der Waals surface area (Å²) in [7, 11) is 1.60. The van der Waals surface area contributed by atoms with Gasteiger partial charge in [0.15, 0.2) is 0 Å². The van der Waals surface area contributed by atoms with E-state index >= 15 is 0 Å². The Hall–Kier alpha value is -1.88. The van der Waals surface area contributed by atoms with Crippen molar-refractivity contribution in [3.8, 4) is 5.75 Å². The van der Waals surface area contributed by atoms with Crippen molar-refractivity contribution >= 4 is 11.3 Å². The Morgan fingerprint density at radius 2 is 2.06 bits per heavy atom. The molecule has 0 radical (unpaired) electrons. The summed E-state index contributed by atoms with van der Waals surface area (Å²) in [6.45, 7) is -0.0904. The van der Waals surface area contributed by atoms with Gasteiger partial charge in [-0.05, 0) is 29.1 Å². The van der Waals surface area contributed by atoms with Crippen LogP contribution in [0.1, 0.15) is 16.4 Å². The normalized spacial score (nSPS) is 12.1. The van der Waals surface area contributed by atoms with Crippen molar-refractivity contribution in [1.29, 1.82) is 0 Å². The quantitative estimate of drug-likeness (QED) is 0.615. The largest absolute Gasteiger partial charge is 0.497 e. The Morgan fingerprint density at radius 1 is 1.33 bits per heavy atom. The number of hydrogen-bond acceptors (Lipinski definition) is 4. The van der Waals surface area contributed by atoms with E-state index in [4.69, 9.17) is 4.74 Å². The molecule has 0 N–H and O–H groups in total. The minimum Gasteiger partial charge on any atom is -0.497 e. The molecule has 0 aliphatic heterocycles. The Morgan fingerprint density at radius 3 is 2.56 bits per heavy atom. The van der Waals surface area contributed by atoms with Crippen molar-refractivity contribution in [3.05, 3.63) is 62.3 Å². The molecule has 1 aromatic carbocycles. The molecule has 5 heteroatoms. The summed E-state index contributed by atoms with van der Waals surface area (Å²) >= 11 is 1.54. The summed E-state index contributed by atoms with van der Waals surface area (Å²) in [5, 5.41) is 12.7. The van der Waals surface area contributed by atoms with Gasteiger partial charge < -0.3 is 4.74 Å². The molecule has 18 heavy (non-hydrogen) atoms. The molecule has 2 aromatic rings. The Kier molecular flexibility index (Phi) is 3.94. The molecule has 0 amide bonds. The smallest absolute Gasteiger partial charge is 0.215 e. The van der Waals surface area contributed by atoms with Crippen LogP contribution in [0.3, 0.4) is 0 Å². The Balaban J connectivity index is 2.30. The van der Waals surface area contributed by atoms with E-state index in [0.29, 0.717) is 0 Å². The topological polar surface area (TPSA) is 52.4 Å². The van der Waals surface area contributed by atoms with Crippen molar-refractivity contribution < 1.29 is 9.66 Å². The zero-order chi connectivity index (χ0) is 13.0. The molecule has 1 aromatic heterocycles. The van der Waals surface area contributed by atoms with Crippen molar-refractivity contribution in [2.45, 2.75) is 5.92 Å². The monoisotopic (exact) mass is 263 g/mol. The fourth-order valence-corrected chi connectivity index (χ4v) is 2.68. The van der Waals surface area contributed by atoms with Crippen LogP contribution in [0.5, 0.6) is 5.75 Å². The average molecular weight is 263 g/mol. The fourth-order valence-electron chi connectivity index (χ4n) is 1.83. The lowest BCUT2D eigenvalue weighted by atomic mass is 9.97. The summed E-state index contributed by atoms with van der Waals surface area (Å²) in [5.74, 6) is 0.565. The summed E-state index contributed by atoms with van der Waals surface area (Å²) < 4.78 is 5.09. The number of ether oxygens (including phenoxy) is 1. The van der Waals surface area contributed by atoms with E-state index in [9.17, 15) is 10.1 Å². The molecule has 1 atom stereocenters. The van der Waals surface area contributed by atoms with Crippen molar-refractivity contribution in [2.24, 2.45) is 0 Å². The maximum Gasteiger partial charge on any atom is 0.215 e. The molecule has 0 unspecified atom stereocenters. The molecule has 94 valence electrons. The second-order valence-electron chi connectivity index (χ2n) is 3.86. The van der Waals surface area contributed by atoms with Crippen LogP contribution >= 0.6 is 11.3 Å². The summed E-state index contributed by atoms with van der Waals surface area (Å²) in [6.07, 6.45) is 0. The number of nitrogens with zero attached hydrogens (tertiary/aromatic N) is 1. The van der Waals surface area contributed by atoms with Crippen LogP contribution in [0.2, 0.25) is 0 Å². The molecule has 0 bridgehead atoms. The van der Waals surface area contributed by atoms with E-state index in [1.807, 2.05) is 41.8 Å². The maximum absolute atomic E-state index is 10.8. The SMILES string of the molecule is COc1ccc([C@H](C[N+](=O)[O-])c2cccs2)cc1. The molecule has 4 nitrogen and oxygen atoms in total. The summed E-state index contributed by atoms with van der Waals surface area (Å²) in [6, 6.07) is 11.3. The zero-order valence-electron chi connectivity index (χ0n) is 9.91. The standard InChI is InChI=1S/C13H13NO3S/c1-17-11-6-4-10(5-7-11)12(9-14(15)16)13-3-2-8-18-13/h2-8,12H,9H2,1H3/t12-/m0/s1. The lowest BCUT2D eigenvalue weighted by molar-refractivity contribution is -0.481. The Bertz CT molecular complexity index is 508. The minimum absolute atomic E-state index is 0.0904. The molecule has 0 aliphatic carbocycles. The first-order valence-electron chi connectivity index (χ1n) is 5.50. The van der Waals surface area contributed by atoms with Crippen molar-refractivity contribution in [2.75, 3.05) is 13.7 Å². The van der Waals surface area contributed by atoms with Gasteiger partial charge in [-0.15, -0.1) is 11.3 Å². The number of hydrogen-bond donors (Lipinski definition) is 0. The number of methoxy groups -OCH3 is 1. The van der Waals surface area contributed by atoms with Crippen molar-refractivity contribution in [3.63, 3.8) is 0 Å². The molecule has 1 heterocycles. The molecular formula is C13H13NO3S. The van der Waals surface area contributed by atoms with E-state index in [0.717, 1.165) is 16.2 Å². The lowest BCUT2D eigenvalue weighted by Crippen LogP contribution is -2.12. The van der Waals surface area contributed by atoms with Crippen LogP contribution in [0.15, 0.2) is 41.8 Å². The second kappa shape index (κ2) is 5.64. The molecule has 0 saturated carbocycles. The van der Waals surface area contributed by atoms with E-state index in [1.165, 1.54) is 0 Å². The van der Waals surface area contributed by atoms with Gasteiger partial charge in [-0.3, -0.25) is 10.1 Å². The van der Waals surface area contributed by atoms with Crippen LogP contribution in [-0.4, -0.2) is 18.6 Å². The third-order valence-corrected chi connectivity index (χ3v) is 3.72. The van der Waals surface area contributed by atoms with Gasteiger partial charge in [-0.1, -0.05) is 18.2 Å². The highest BCUT2D eigenvalue weighted by molar-refractivity contribution is 7.10. The Labute approximate surface area is 109 Å². The lowest BCUT2D eigenvalue weighted by Gasteiger charge is -2.12. The van der Waals surface area contributed by atoms with Crippen LogP contribution in [0.25, 0.3) is 0 Å². The molecule has 0 spiro atoms. The maximum atomic E-state index is 10.8. The van der Waals surface area contributed by atoms with Crippen molar-refractivity contribution in [1.82, 2.24) is 0 Å².